The number of methoxy groups -OCH3 is 2. The summed E-state index contributed by atoms with van der Waals surface area (Å²) < 4.78 is 49.4. The van der Waals surface area contributed by atoms with Gasteiger partial charge in [-0.25, -0.2) is 0 Å². The molecule has 4 rings (SSSR count). The summed E-state index contributed by atoms with van der Waals surface area (Å²) in [4.78, 5) is 6.13. The number of aliphatic hydroxyl groups excluding tert-OH is 1. The van der Waals surface area contributed by atoms with Crippen LogP contribution in [0.15, 0.2) is 36.7 Å². The van der Waals surface area contributed by atoms with Crippen LogP contribution in [-0.4, -0.2) is 37.4 Å². The Balaban J connectivity index is 1.39. The van der Waals surface area contributed by atoms with Gasteiger partial charge < -0.3 is 19.5 Å². The van der Waals surface area contributed by atoms with E-state index in [0.29, 0.717) is 11.3 Å². The number of ether oxygens (including phenoxy) is 2. The van der Waals surface area contributed by atoms with E-state index in [-0.39, 0.29) is 17.1 Å². The third-order valence-corrected chi connectivity index (χ3v) is 6.09. The molecule has 1 aromatic heterocycles. The predicted octanol–water partition coefficient (Wildman–Crippen LogP) is 4.07. The number of aromatic nitrogens is 1. The van der Waals surface area contributed by atoms with Crippen LogP contribution in [0.1, 0.15) is 30.1 Å². The van der Waals surface area contributed by atoms with Crippen molar-refractivity contribution in [2.75, 3.05) is 32.2 Å². The van der Waals surface area contributed by atoms with E-state index < -0.39 is 17.8 Å². The smallest absolute Gasteiger partial charge is 0.419 e. The molecule has 1 saturated carbocycles. The van der Waals surface area contributed by atoms with E-state index in [0.717, 1.165) is 37.7 Å². The number of benzene rings is 1. The maximum Gasteiger partial charge on any atom is 0.419 e. The molecule has 1 atom stereocenters. The van der Waals surface area contributed by atoms with Gasteiger partial charge in [0, 0.05) is 48.2 Å². The highest BCUT2D eigenvalue weighted by atomic mass is 19.4. The highest BCUT2D eigenvalue weighted by Gasteiger charge is 2.54. The molecule has 5 nitrogen and oxygen atoms in total. The molecule has 29 heavy (non-hydrogen) atoms. The lowest BCUT2D eigenvalue weighted by Crippen LogP contribution is -2.63. The largest absolute Gasteiger partial charge is 0.496 e. The van der Waals surface area contributed by atoms with E-state index in [4.69, 9.17) is 9.47 Å². The molecule has 2 fully saturated rings. The Morgan fingerprint density at radius 1 is 1.14 bits per heavy atom. The second-order valence-corrected chi connectivity index (χ2v) is 7.97. The van der Waals surface area contributed by atoms with Crippen molar-refractivity contribution in [2.45, 2.75) is 25.1 Å². The Hall–Kier alpha value is -2.48. The topological polar surface area (TPSA) is 54.8 Å². The molecular formula is C21H23F3N2O3. The van der Waals surface area contributed by atoms with Crippen molar-refractivity contribution in [2.24, 2.45) is 11.3 Å². The number of anilines is 1. The van der Waals surface area contributed by atoms with Crippen molar-refractivity contribution in [1.29, 1.82) is 0 Å². The fourth-order valence-electron chi connectivity index (χ4n) is 4.65. The Labute approximate surface area is 167 Å². The van der Waals surface area contributed by atoms with Gasteiger partial charge in [0.15, 0.2) is 0 Å². The fraction of sp³-hybridized carbons (Fsp3) is 0.476. The predicted molar refractivity (Wildman–Crippen MR) is 101 cm³/mol. The van der Waals surface area contributed by atoms with Crippen LogP contribution in [0.2, 0.25) is 0 Å². The summed E-state index contributed by atoms with van der Waals surface area (Å²) in [6.07, 6.45) is -0.0919. The van der Waals surface area contributed by atoms with E-state index in [2.05, 4.69) is 9.88 Å². The minimum Gasteiger partial charge on any atom is -0.496 e. The summed E-state index contributed by atoms with van der Waals surface area (Å²) >= 11 is 0. The van der Waals surface area contributed by atoms with Crippen LogP contribution in [0.5, 0.6) is 11.5 Å². The number of aliphatic hydroxyl groups is 1. The molecule has 0 amide bonds. The zero-order valence-corrected chi connectivity index (χ0v) is 16.2. The molecule has 1 N–H and O–H groups in total. The van der Waals surface area contributed by atoms with Crippen molar-refractivity contribution in [3.8, 4) is 11.5 Å². The first-order valence-electron chi connectivity index (χ1n) is 9.42. The van der Waals surface area contributed by atoms with Crippen LogP contribution in [0.25, 0.3) is 0 Å². The molecule has 2 aromatic rings. The van der Waals surface area contributed by atoms with Gasteiger partial charge in [-0.1, -0.05) is 0 Å². The van der Waals surface area contributed by atoms with Crippen LogP contribution in [0.4, 0.5) is 18.9 Å². The highest BCUT2D eigenvalue weighted by Crippen LogP contribution is 2.57. The quantitative estimate of drug-likeness (QED) is 0.809. The van der Waals surface area contributed by atoms with Gasteiger partial charge in [0.1, 0.15) is 11.5 Å². The molecule has 2 heterocycles. The van der Waals surface area contributed by atoms with Gasteiger partial charge in [-0.15, -0.1) is 0 Å². The van der Waals surface area contributed by atoms with Crippen molar-refractivity contribution < 1.29 is 27.8 Å². The molecule has 1 saturated heterocycles. The van der Waals surface area contributed by atoms with E-state index in [1.54, 1.807) is 25.6 Å². The van der Waals surface area contributed by atoms with Gasteiger partial charge in [0.2, 0.25) is 0 Å². The summed E-state index contributed by atoms with van der Waals surface area (Å²) in [6.45, 7) is 1.52. The molecule has 1 unspecified atom stereocenters. The fourth-order valence-corrected chi connectivity index (χ4v) is 4.65. The van der Waals surface area contributed by atoms with Gasteiger partial charge in [-0.3, -0.25) is 4.98 Å². The SMILES string of the molecule is COc1ccncc1C(O)C1CC2(C1)CN(c1ccc(C(F)(F)F)c(OC)c1)C2. The Morgan fingerprint density at radius 3 is 2.45 bits per heavy atom. The molecule has 1 aliphatic carbocycles. The number of alkyl halides is 3. The first-order valence-corrected chi connectivity index (χ1v) is 9.42. The maximum atomic E-state index is 13.0. The van der Waals surface area contributed by atoms with Gasteiger partial charge in [0.25, 0.3) is 0 Å². The van der Waals surface area contributed by atoms with E-state index in [9.17, 15) is 18.3 Å². The van der Waals surface area contributed by atoms with Crippen molar-refractivity contribution in [1.82, 2.24) is 4.98 Å². The molecule has 0 bridgehead atoms. The molecule has 156 valence electrons. The average Bonchev–Trinajstić information content (AvgIpc) is 2.64. The van der Waals surface area contributed by atoms with Gasteiger partial charge in [0.05, 0.1) is 25.9 Å². The second-order valence-electron chi connectivity index (χ2n) is 7.97. The summed E-state index contributed by atoms with van der Waals surface area (Å²) in [5, 5.41) is 10.7. The summed E-state index contributed by atoms with van der Waals surface area (Å²) in [5.41, 5.74) is 0.755. The molecule has 0 radical (unpaired) electrons. The molecule has 8 heteroatoms. The Kier molecular flexibility index (Phi) is 4.85. The van der Waals surface area contributed by atoms with E-state index >= 15 is 0 Å². The van der Waals surface area contributed by atoms with Crippen LogP contribution in [-0.2, 0) is 6.18 Å². The number of rotatable bonds is 5. The molecule has 2 aliphatic rings. The van der Waals surface area contributed by atoms with Crippen LogP contribution >= 0.6 is 0 Å². The lowest BCUT2D eigenvalue weighted by Gasteiger charge is -2.60. The zero-order chi connectivity index (χ0) is 20.8. The van der Waals surface area contributed by atoms with Crippen molar-refractivity contribution in [3.63, 3.8) is 0 Å². The highest BCUT2D eigenvalue weighted by molar-refractivity contribution is 5.57. The standard InChI is InChI=1S/C21H23F3N2O3/c1-28-17-5-6-25-10-15(17)19(27)13-8-20(9-13)11-26(12-20)14-3-4-16(21(22,23)24)18(7-14)29-2/h3-7,10,13,19,27H,8-9,11-12H2,1-2H3. The van der Waals surface area contributed by atoms with Crippen LogP contribution < -0.4 is 14.4 Å². The van der Waals surface area contributed by atoms with Gasteiger partial charge in [-0.05, 0) is 37.0 Å². The van der Waals surface area contributed by atoms with E-state index in [1.807, 2.05) is 0 Å². The molecule has 1 aliphatic heterocycles. The lowest BCUT2D eigenvalue weighted by molar-refractivity contribution is -0.138. The summed E-state index contributed by atoms with van der Waals surface area (Å²) in [7, 11) is 2.81. The molecule has 1 aromatic carbocycles. The minimum atomic E-state index is -4.44. The maximum absolute atomic E-state index is 13.0. The normalized spacial score (nSPS) is 19.4. The number of nitrogens with zero attached hydrogens (tertiary/aromatic N) is 2. The van der Waals surface area contributed by atoms with Crippen LogP contribution in [0, 0.1) is 11.3 Å². The Bertz CT molecular complexity index is 889. The third-order valence-electron chi connectivity index (χ3n) is 6.09. The van der Waals surface area contributed by atoms with Crippen LogP contribution in [0.3, 0.4) is 0 Å². The summed E-state index contributed by atoms with van der Waals surface area (Å²) in [6, 6.07) is 5.74. The zero-order valence-electron chi connectivity index (χ0n) is 16.2. The average molecular weight is 408 g/mol. The van der Waals surface area contributed by atoms with E-state index in [1.165, 1.54) is 19.2 Å². The number of halogens is 3. The van der Waals surface area contributed by atoms with Gasteiger partial charge >= 0.3 is 6.18 Å². The number of hydrogen-bond donors (Lipinski definition) is 1. The summed E-state index contributed by atoms with van der Waals surface area (Å²) in [5.74, 6) is 0.583. The molecule has 1 spiro atoms. The number of pyridine rings is 1. The van der Waals surface area contributed by atoms with Gasteiger partial charge in [-0.2, -0.15) is 13.2 Å². The van der Waals surface area contributed by atoms with Crippen molar-refractivity contribution in [3.05, 3.63) is 47.8 Å². The first kappa shape index (κ1) is 19.8. The van der Waals surface area contributed by atoms with Crippen molar-refractivity contribution >= 4 is 5.69 Å². The molecular weight excluding hydrogens is 385 g/mol. The second kappa shape index (κ2) is 7.09. The lowest BCUT2D eigenvalue weighted by atomic mass is 9.55. The number of hydrogen-bond acceptors (Lipinski definition) is 5. The Morgan fingerprint density at radius 2 is 1.83 bits per heavy atom. The first-order chi connectivity index (χ1) is 13.8. The monoisotopic (exact) mass is 408 g/mol. The third kappa shape index (κ3) is 3.50. The minimum absolute atomic E-state index is 0.108.